The lowest BCUT2D eigenvalue weighted by molar-refractivity contribution is -0.126. The number of nitrogens with one attached hydrogen (secondary N) is 1. The minimum atomic E-state index is -0.613. The molecule has 6 heteroatoms. The van der Waals surface area contributed by atoms with Crippen LogP contribution in [0.3, 0.4) is 0 Å². The number of hydrogen-bond acceptors (Lipinski definition) is 2. The van der Waals surface area contributed by atoms with E-state index in [9.17, 15) is 14.0 Å². The Morgan fingerprint density at radius 1 is 1.38 bits per heavy atom. The number of carbonyl (C=O) groups excluding carboxylic acids is 2. The van der Waals surface area contributed by atoms with Gasteiger partial charge < -0.3 is 10.2 Å². The Morgan fingerprint density at radius 3 is 2.62 bits per heavy atom. The molecule has 1 heterocycles. The number of piperidine rings is 1. The first kappa shape index (κ1) is 15.8. The number of halogens is 2. The van der Waals surface area contributed by atoms with Gasteiger partial charge in [-0.25, -0.2) is 4.39 Å². The van der Waals surface area contributed by atoms with E-state index in [1.54, 1.807) is 4.90 Å². The minimum Gasteiger partial charge on any atom is -0.356 e. The van der Waals surface area contributed by atoms with Crippen LogP contribution in [0.15, 0.2) is 18.2 Å². The van der Waals surface area contributed by atoms with E-state index in [1.165, 1.54) is 18.2 Å². The average molecular weight is 313 g/mol. The molecule has 114 valence electrons. The van der Waals surface area contributed by atoms with Crippen molar-refractivity contribution in [2.75, 3.05) is 19.6 Å². The number of amides is 2. The van der Waals surface area contributed by atoms with Crippen molar-refractivity contribution in [1.29, 1.82) is 0 Å². The summed E-state index contributed by atoms with van der Waals surface area (Å²) >= 11 is 5.91. The van der Waals surface area contributed by atoms with Crippen molar-refractivity contribution in [1.82, 2.24) is 10.2 Å². The van der Waals surface area contributed by atoms with Crippen molar-refractivity contribution >= 4 is 23.4 Å². The normalized spacial score (nSPS) is 15.9. The van der Waals surface area contributed by atoms with E-state index in [4.69, 9.17) is 11.6 Å². The zero-order chi connectivity index (χ0) is 15.4. The molecule has 0 spiro atoms. The second kappa shape index (κ2) is 6.89. The molecule has 2 rings (SSSR count). The van der Waals surface area contributed by atoms with Gasteiger partial charge in [-0.3, -0.25) is 9.59 Å². The summed E-state index contributed by atoms with van der Waals surface area (Å²) in [5, 5.41) is 2.90. The highest BCUT2D eigenvalue weighted by atomic mass is 35.5. The first-order valence-corrected chi connectivity index (χ1v) is 7.43. The minimum absolute atomic E-state index is 0.0218. The summed E-state index contributed by atoms with van der Waals surface area (Å²) < 4.78 is 13.8. The third-order valence-corrected chi connectivity index (χ3v) is 4.00. The number of hydrogen-bond donors (Lipinski definition) is 1. The zero-order valence-electron chi connectivity index (χ0n) is 11.9. The highest BCUT2D eigenvalue weighted by molar-refractivity contribution is 6.33. The molecule has 1 saturated heterocycles. The molecule has 0 atom stereocenters. The van der Waals surface area contributed by atoms with Gasteiger partial charge in [0.05, 0.1) is 10.6 Å². The van der Waals surface area contributed by atoms with Crippen LogP contribution in [-0.2, 0) is 4.79 Å². The Kier molecular flexibility index (Phi) is 5.17. The topological polar surface area (TPSA) is 49.4 Å². The predicted octanol–water partition coefficient (Wildman–Crippen LogP) is 2.47. The number of rotatable bonds is 3. The summed E-state index contributed by atoms with van der Waals surface area (Å²) in [5.74, 6) is -1.08. The molecule has 0 unspecified atom stereocenters. The quantitative estimate of drug-likeness (QED) is 0.932. The van der Waals surface area contributed by atoms with Gasteiger partial charge in [-0.1, -0.05) is 17.7 Å². The Hall–Kier alpha value is -1.62. The first-order valence-electron chi connectivity index (χ1n) is 7.05. The largest absolute Gasteiger partial charge is 0.356 e. The molecule has 0 radical (unpaired) electrons. The lowest BCUT2D eigenvalue weighted by atomic mass is 9.95. The molecule has 0 aliphatic carbocycles. The highest BCUT2D eigenvalue weighted by Crippen LogP contribution is 2.24. The van der Waals surface area contributed by atoms with Crippen molar-refractivity contribution in [2.24, 2.45) is 5.92 Å². The zero-order valence-corrected chi connectivity index (χ0v) is 12.6. The highest BCUT2D eigenvalue weighted by Gasteiger charge is 2.29. The van der Waals surface area contributed by atoms with Crippen molar-refractivity contribution in [3.63, 3.8) is 0 Å². The molecule has 2 amide bonds. The van der Waals surface area contributed by atoms with Crippen LogP contribution >= 0.6 is 11.6 Å². The first-order chi connectivity index (χ1) is 10.0. The molecule has 1 fully saturated rings. The molecule has 1 aromatic carbocycles. The van der Waals surface area contributed by atoms with E-state index in [1.807, 2.05) is 6.92 Å². The lowest BCUT2D eigenvalue weighted by Crippen LogP contribution is -2.43. The fraction of sp³-hybridized carbons (Fsp3) is 0.467. The standard InChI is InChI=1S/C15H18ClFN2O2/c1-2-18-14(20)10-6-8-19(9-7-10)15(21)13-11(16)4-3-5-12(13)17/h3-5,10H,2,6-9H2,1H3,(H,18,20). The van der Waals surface area contributed by atoms with Gasteiger partial charge in [-0.05, 0) is 31.9 Å². The van der Waals surface area contributed by atoms with Crippen LogP contribution in [0.4, 0.5) is 4.39 Å². The van der Waals surface area contributed by atoms with Gasteiger partial charge >= 0.3 is 0 Å². The molecule has 0 saturated carbocycles. The third-order valence-electron chi connectivity index (χ3n) is 3.68. The van der Waals surface area contributed by atoms with Crippen molar-refractivity contribution in [2.45, 2.75) is 19.8 Å². The Balaban J connectivity index is 2.02. The number of benzene rings is 1. The van der Waals surface area contributed by atoms with Gasteiger partial charge in [-0.2, -0.15) is 0 Å². The van der Waals surface area contributed by atoms with Gasteiger partial charge in [-0.15, -0.1) is 0 Å². The fourth-order valence-electron chi connectivity index (χ4n) is 2.52. The summed E-state index contributed by atoms with van der Waals surface area (Å²) in [6.45, 7) is 3.34. The molecule has 1 aliphatic rings. The smallest absolute Gasteiger partial charge is 0.258 e. The summed E-state index contributed by atoms with van der Waals surface area (Å²) in [4.78, 5) is 25.7. The Bertz CT molecular complexity index is 522. The van der Waals surface area contributed by atoms with Crippen molar-refractivity contribution < 1.29 is 14.0 Å². The number of nitrogens with zero attached hydrogens (tertiary/aromatic N) is 1. The van der Waals surface area contributed by atoms with Crippen LogP contribution in [0.1, 0.15) is 30.1 Å². The summed E-state index contributed by atoms with van der Waals surface area (Å²) in [6, 6.07) is 4.19. The van der Waals surface area contributed by atoms with Gasteiger partial charge in [0.1, 0.15) is 5.82 Å². The van der Waals surface area contributed by atoms with E-state index < -0.39 is 11.7 Å². The molecule has 21 heavy (non-hydrogen) atoms. The van der Waals surface area contributed by atoms with Crippen LogP contribution in [0.25, 0.3) is 0 Å². The predicted molar refractivity (Wildman–Crippen MR) is 78.7 cm³/mol. The van der Waals surface area contributed by atoms with E-state index >= 15 is 0 Å². The van der Waals surface area contributed by atoms with Crippen LogP contribution in [0, 0.1) is 11.7 Å². The average Bonchev–Trinajstić information content (AvgIpc) is 2.47. The second-order valence-electron chi connectivity index (χ2n) is 5.06. The maximum Gasteiger partial charge on any atom is 0.258 e. The van der Waals surface area contributed by atoms with E-state index in [2.05, 4.69) is 5.32 Å². The number of carbonyl (C=O) groups is 2. The van der Waals surface area contributed by atoms with Crippen molar-refractivity contribution in [3.05, 3.63) is 34.6 Å². The molecule has 1 N–H and O–H groups in total. The molecular formula is C15H18ClFN2O2. The maximum absolute atomic E-state index is 13.8. The number of likely N-dealkylation sites (tertiary alicyclic amines) is 1. The molecule has 1 aliphatic heterocycles. The Morgan fingerprint density at radius 2 is 2.05 bits per heavy atom. The lowest BCUT2D eigenvalue weighted by Gasteiger charge is -2.31. The maximum atomic E-state index is 13.8. The van der Waals surface area contributed by atoms with Crippen LogP contribution < -0.4 is 5.32 Å². The summed E-state index contributed by atoms with van der Waals surface area (Å²) in [5.41, 5.74) is -0.0874. The van der Waals surface area contributed by atoms with Crippen molar-refractivity contribution in [3.8, 4) is 0 Å². The molecule has 0 aromatic heterocycles. The molecule has 0 bridgehead atoms. The van der Waals surface area contributed by atoms with E-state index in [0.29, 0.717) is 32.5 Å². The van der Waals surface area contributed by atoms with Gasteiger partial charge in [0.25, 0.3) is 5.91 Å². The summed E-state index contributed by atoms with van der Waals surface area (Å²) in [7, 11) is 0. The Labute approximate surface area is 128 Å². The molecular weight excluding hydrogens is 295 g/mol. The monoisotopic (exact) mass is 312 g/mol. The van der Waals surface area contributed by atoms with E-state index in [0.717, 1.165) is 0 Å². The van der Waals surface area contributed by atoms with Gasteiger partial charge in [0.2, 0.25) is 5.91 Å². The fourth-order valence-corrected chi connectivity index (χ4v) is 2.77. The van der Waals surface area contributed by atoms with Gasteiger partial charge in [0, 0.05) is 25.6 Å². The second-order valence-corrected chi connectivity index (χ2v) is 5.46. The van der Waals surface area contributed by atoms with E-state index in [-0.39, 0.29) is 22.4 Å². The van der Waals surface area contributed by atoms with Crippen LogP contribution in [0.5, 0.6) is 0 Å². The van der Waals surface area contributed by atoms with Gasteiger partial charge in [0.15, 0.2) is 0 Å². The third kappa shape index (κ3) is 3.53. The van der Waals surface area contributed by atoms with Crippen LogP contribution in [0.2, 0.25) is 5.02 Å². The molecule has 1 aromatic rings. The summed E-state index contributed by atoms with van der Waals surface area (Å²) in [6.07, 6.45) is 1.17. The SMILES string of the molecule is CCNC(=O)C1CCN(C(=O)c2c(F)cccc2Cl)CC1. The molecule has 4 nitrogen and oxygen atoms in total. The van der Waals surface area contributed by atoms with Crippen LogP contribution in [-0.4, -0.2) is 36.3 Å².